The van der Waals surface area contributed by atoms with Crippen molar-refractivity contribution in [3.8, 4) is 0 Å². The molecule has 17 N–H and O–H groups in total. The molecule has 0 spiro atoms. The summed E-state index contributed by atoms with van der Waals surface area (Å²) in [5, 5.41) is 41.1. The Morgan fingerprint density at radius 3 is 0.913 bits per heavy atom. The van der Waals surface area contributed by atoms with E-state index in [-0.39, 0.29) is 64.8 Å². The lowest BCUT2D eigenvalue weighted by Gasteiger charge is -2.36. The molecular weight excluding hydrogens is 2120 g/mol. The van der Waals surface area contributed by atoms with Gasteiger partial charge in [0.2, 0.25) is 0 Å². The molecule has 8 aromatic heterocycles. The molecule has 4 aromatic carbocycles. The number of rotatable bonds is 22. The van der Waals surface area contributed by atoms with Crippen LogP contribution in [0.2, 0.25) is 5.82 Å². The standard InChI is InChI=1S/C29H37N5O3S.C26H32BrN5O3S.C24H29N5OS.C17H27N3O2.C9H7BrN2O2S.C3H7BO2.ClH/c1-18-22(20-7-8-20)17-23-24(30)25(38-27(23)32-18)26(35)31-12-11-19-5-9-21(10-6-19)33-13-15-34(16-14-33)28(36)37-29(2,3)4;1-16-20(27)15-19-21(28)22(36-24(19)30-16)23(33)29-10-9-17-5-7-18(8-6-17)31-11-13-32(14-12-31)25(34)35-26(2,3)4;1-15-19(17-4-5-17)14-20-21(25)22(31-24(20)28-15)23(30)27-9-8-16-2-6-18(7-3-16)29-12-10-26-11-13-29;1-17(2,3)22-16(21)20-12-10-19(11-13-20)15-6-4-14(5-7-15)8-9-18;1-3-5(10)2-4-6(11)7(9(13)14)15-8(4)12-3;5-4(6)3-1-2-3;/h5-6,9-10,17,20H,7-8,11-16,30H2,1-4H3,(H,31,35);5-8,15H,9-14,28H2,1-4H3,(H,29,33);2-3,6-7,14,17,26H,4-5,8-13,25H2,1H3,(H,27,30);4-7H,8-13,18H2,1-3H3;2H,11H2,1H3,(H,13,14);3,5-6H,1-2H2;1H. The molecule has 12 aromatic rings. The molecule has 149 heavy (non-hydrogen) atoms. The number of ether oxygens (including phenoxy) is 3. The van der Waals surface area contributed by atoms with Crippen molar-refractivity contribution in [1.29, 1.82) is 0 Å². The van der Waals surface area contributed by atoms with E-state index in [1.807, 2.05) is 89.2 Å². The van der Waals surface area contributed by atoms with E-state index in [0.29, 0.717) is 126 Å². The van der Waals surface area contributed by atoms with E-state index in [1.54, 1.807) is 20.8 Å². The topological polar surface area (TPSA) is 460 Å². The van der Waals surface area contributed by atoms with Crippen molar-refractivity contribution in [2.75, 3.05) is 173 Å². The predicted octanol–water partition coefficient (Wildman–Crippen LogP) is 18.5. The van der Waals surface area contributed by atoms with Crippen LogP contribution >= 0.6 is 89.6 Å². The molecule has 0 unspecified atom stereocenters. The first-order chi connectivity index (χ1) is 70.4. The van der Waals surface area contributed by atoms with Crippen LogP contribution < -0.4 is 69.5 Å². The van der Waals surface area contributed by atoms with Crippen LogP contribution in [0.25, 0.3) is 40.9 Å². The zero-order valence-electron chi connectivity index (χ0n) is 87.1. The normalized spacial score (nSPS) is 15.3. The molecule has 0 atom stereocenters. The van der Waals surface area contributed by atoms with Crippen molar-refractivity contribution in [2.45, 2.75) is 189 Å². The highest BCUT2D eigenvalue weighted by Crippen LogP contribution is 2.47. The number of aromatic carboxylic acids is 1. The molecule has 0 radical (unpaired) electrons. The number of hydrogen-bond donors (Lipinski definition) is 12. The predicted molar refractivity (Wildman–Crippen MR) is 614 cm³/mol. The van der Waals surface area contributed by atoms with Gasteiger partial charge < -0.3 is 114 Å². The van der Waals surface area contributed by atoms with Crippen LogP contribution in [0.4, 0.5) is 59.9 Å². The molecule has 33 nitrogen and oxygen atoms in total. The van der Waals surface area contributed by atoms with Gasteiger partial charge in [-0.25, -0.2) is 39.1 Å². The summed E-state index contributed by atoms with van der Waals surface area (Å²) in [6.07, 6.45) is 9.28. The summed E-state index contributed by atoms with van der Waals surface area (Å²) in [6.45, 7) is 39.9. The number of nitrogens with two attached hydrogens (primary N) is 5. The summed E-state index contributed by atoms with van der Waals surface area (Å²) in [6, 6.07) is 42.0. The first-order valence-electron chi connectivity index (χ1n) is 50.6. The number of thiophene rings is 4. The smallest absolute Gasteiger partial charge is 0.454 e. The second-order valence-electron chi connectivity index (χ2n) is 41.2. The number of nitrogen functional groups attached to an aromatic ring is 4. The lowest BCUT2D eigenvalue weighted by atomic mass is 9.84. The van der Waals surface area contributed by atoms with E-state index in [2.05, 4.69) is 199 Å². The second kappa shape index (κ2) is 51.1. The number of nitrogens with one attached hydrogen (secondary N) is 4. The molecule has 7 fully saturated rings. The number of nitrogens with zero attached hydrogens (tertiary/aromatic N) is 11. The number of halogens is 3. The minimum Gasteiger partial charge on any atom is -0.477 e. The SMILES string of the molecule is CC(C)(C)OC(=O)N1CCN(c2ccc(CCN)cc2)CC1.Cc1nc2sc(C(=O)NCCc3ccc(N4CCN(C(=O)OC(C)(C)C)CC4)cc3)c(N)c2cc1Br.Cc1nc2sc(C(=O)NCCc3ccc(N4CCN(C(=O)OC(C)(C)C)CC4)cc3)c(N)c2cc1C1CC1.Cc1nc2sc(C(=O)NCCc3ccc(N4CCNCC4)cc3)c(N)c2cc1C1CC1.Cc1nc2sc(C(=O)O)c(N)c2cc1Br.Cl.OB(O)C1CC1. The zero-order chi connectivity index (χ0) is 106. The molecule has 0 bridgehead atoms. The minimum atomic E-state index is -1.04. The summed E-state index contributed by atoms with van der Waals surface area (Å²) < 4.78 is 18.1. The Morgan fingerprint density at radius 1 is 0.396 bits per heavy atom. The van der Waals surface area contributed by atoms with E-state index in [0.717, 1.165) is 194 Å². The number of carboxylic acid groups (broad SMARTS) is 1. The van der Waals surface area contributed by atoms with Crippen molar-refractivity contribution in [1.82, 2.24) is 55.9 Å². The number of hydrogen-bond acceptors (Lipinski definition) is 30. The number of anilines is 8. The molecule has 4 saturated heterocycles. The van der Waals surface area contributed by atoms with Gasteiger partial charge in [0, 0.05) is 189 Å². The van der Waals surface area contributed by atoms with E-state index >= 15 is 0 Å². The Hall–Kier alpha value is -11.4. The van der Waals surface area contributed by atoms with Gasteiger partial charge in [-0.3, -0.25) is 14.4 Å². The van der Waals surface area contributed by atoms with Crippen LogP contribution in [0.15, 0.2) is 130 Å². The maximum Gasteiger partial charge on any atom is 0.454 e. The number of piperazine rings is 4. The average Bonchev–Trinajstić information content (AvgIpc) is 1.61. The molecule has 4 aliphatic heterocycles. The number of pyridine rings is 4. The zero-order valence-corrected chi connectivity index (χ0v) is 94.4. The molecule has 12 heterocycles. The minimum absolute atomic E-state index is 0. The highest BCUT2D eigenvalue weighted by Gasteiger charge is 2.36. The number of carbonyl (C=O) groups excluding carboxylic acids is 6. The van der Waals surface area contributed by atoms with Gasteiger partial charge >= 0.3 is 31.4 Å². The summed E-state index contributed by atoms with van der Waals surface area (Å²) in [7, 11) is -1.04. The van der Waals surface area contributed by atoms with Crippen molar-refractivity contribution in [2.24, 2.45) is 5.73 Å². The third-order valence-corrected chi connectivity index (χ3v) is 32.2. The van der Waals surface area contributed by atoms with Crippen LogP contribution in [0.5, 0.6) is 0 Å². The lowest BCUT2D eigenvalue weighted by molar-refractivity contribution is 0.0230. The quantitative estimate of drug-likeness (QED) is 0.0221. The molecule has 3 aliphatic carbocycles. The monoisotopic (exact) mass is 2260 g/mol. The van der Waals surface area contributed by atoms with E-state index in [4.69, 9.17) is 68.0 Å². The third kappa shape index (κ3) is 31.6. The molecule has 798 valence electrons. The molecule has 19 rings (SSSR count). The summed E-state index contributed by atoms with van der Waals surface area (Å²) in [5.74, 6) is -0.0136. The number of carbonyl (C=O) groups is 7. The number of benzene rings is 4. The maximum absolute atomic E-state index is 12.9. The molecular formula is C108H140BBr2ClN20O13S4. The van der Waals surface area contributed by atoms with E-state index < -0.39 is 29.9 Å². The number of carboxylic acids is 1. The highest BCUT2D eigenvalue weighted by molar-refractivity contribution is 9.10. The summed E-state index contributed by atoms with van der Waals surface area (Å²) >= 11 is 12.0. The molecule has 41 heteroatoms. The molecule has 6 amide bonds. The van der Waals surface area contributed by atoms with Gasteiger partial charge in [-0.15, -0.1) is 57.8 Å². The van der Waals surface area contributed by atoms with Crippen LogP contribution in [0.1, 0.15) is 208 Å². The van der Waals surface area contributed by atoms with Gasteiger partial charge in [-0.1, -0.05) is 61.4 Å². The van der Waals surface area contributed by atoms with Gasteiger partial charge in [-0.2, -0.15) is 0 Å². The van der Waals surface area contributed by atoms with Crippen LogP contribution in [-0.4, -0.2) is 247 Å². The number of aromatic nitrogens is 4. The number of amides is 6. The number of aryl methyl sites for hydroxylation is 4. The Kier molecular flexibility index (Phi) is 39.4. The molecule has 7 aliphatic rings. The average molecular weight is 2260 g/mol. The first-order valence-corrected chi connectivity index (χ1v) is 55.5. The Bertz CT molecular complexity index is 6680. The molecule has 3 saturated carbocycles. The third-order valence-electron chi connectivity index (χ3n) is 26.1. The Morgan fingerprint density at radius 2 is 0.658 bits per heavy atom. The largest absolute Gasteiger partial charge is 0.477 e. The first kappa shape index (κ1) is 115. The fourth-order valence-electron chi connectivity index (χ4n) is 17.4. The fraction of sp³-hybridized carbons (Fsp3) is 0.454. The van der Waals surface area contributed by atoms with Crippen LogP contribution in [-0.2, 0) is 39.9 Å². The van der Waals surface area contributed by atoms with Crippen molar-refractivity contribution in [3.63, 3.8) is 0 Å². The van der Waals surface area contributed by atoms with Gasteiger partial charge in [-0.05, 0) is 304 Å². The highest BCUT2D eigenvalue weighted by atomic mass is 79.9. The Labute approximate surface area is 910 Å². The van der Waals surface area contributed by atoms with E-state index in [9.17, 15) is 33.6 Å². The van der Waals surface area contributed by atoms with Gasteiger partial charge in [0.1, 0.15) is 55.6 Å². The van der Waals surface area contributed by atoms with E-state index in [1.165, 1.54) is 93.3 Å². The van der Waals surface area contributed by atoms with Gasteiger partial charge in [0.15, 0.2) is 0 Å². The van der Waals surface area contributed by atoms with Gasteiger partial charge in [0.05, 0.1) is 34.1 Å². The summed E-state index contributed by atoms with van der Waals surface area (Å²) in [4.78, 5) is 124. The van der Waals surface area contributed by atoms with Crippen molar-refractivity contribution >= 4 is 225 Å². The number of fused-ring (bicyclic) bond motifs is 4. The fourth-order valence-corrected chi connectivity index (χ4v) is 22.1. The van der Waals surface area contributed by atoms with Crippen molar-refractivity contribution in [3.05, 3.63) is 206 Å². The summed E-state index contributed by atoms with van der Waals surface area (Å²) in [5.41, 5.74) is 46.5. The van der Waals surface area contributed by atoms with Crippen LogP contribution in [0, 0.1) is 27.7 Å². The van der Waals surface area contributed by atoms with Gasteiger partial charge in [0.25, 0.3) is 17.7 Å². The second-order valence-corrected chi connectivity index (χ2v) is 46.9. The Balaban J connectivity index is 0.000000157. The lowest BCUT2D eigenvalue weighted by Crippen LogP contribution is -2.50. The van der Waals surface area contributed by atoms with Crippen molar-refractivity contribution < 1.29 is 62.9 Å². The van der Waals surface area contributed by atoms with Crippen LogP contribution in [0.3, 0.4) is 0 Å². The maximum atomic E-state index is 12.9.